The van der Waals surface area contributed by atoms with E-state index in [0.29, 0.717) is 12.8 Å². The molecule has 416 valence electrons. The third kappa shape index (κ3) is 30.5. The molecule has 0 bridgehead atoms. The average Bonchev–Trinajstić information content (AvgIpc) is 3.37. The third-order valence-electron chi connectivity index (χ3n) is 13.0. The molecule has 2 aliphatic heterocycles. The number of unbranched alkanes of at least 4 members (excludes halogenated alkanes) is 19. The first-order valence-corrected chi connectivity index (χ1v) is 27.9. The van der Waals surface area contributed by atoms with Crippen LogP contribution in [0, 0.1) is 0 Å². The first-order chi connectivity index (χ1) is 35.0. The summed E-state index contributed by atoms with van der Waals surface area (Å²) in [4.78, 5) is 25.8. The zero-order valence-electron chi connectivity index (χ0n) is 44.1. The Bertz CT molecular complexity index is 1480. The number of carbonyl (C=O) groups excluding carboxylic acids is 2. The van der Waals surface area contributed by atoms with Crippen LogP contribution < -0.4 is 0 Å². The van der Waals surface area contributed by atoms with Gasteiger partial charge >= 0.3 is 11.9 Å². The number of esters is 2. The van der Waals surface area contributed by atoms with E-state index in [1.165, 1.54) is 77.0 Å². The number of hydrogen-bond donors (Lipinski definition) is 7. The zero-order valence-corrected chi connectivity index (χ0v) is 44.1. The first-order valence-electron chi connectivity index (χ1n) is 27.9. The molecule has 0 amide bonds. The summed E-state index contributed by atoms with van der Waals surface area (Å²) in [6.07, 6.45) is 33.8. The van der Waals surface area contributed by atoms with Crippen molar-refractivity contribution in [3.05, 3.63) is 60.8 Å². The smallest absolute Gasteiger partial charge is 0.306 e. The number of ether oxygens (including phenoxy) is 6. The van der Waals surface area contributed by atoms with Gasteiger partial charge in [0.15, 0.2) is 18.7 Å². The second-order valence-corrected chi connectivity index (χ2v) is 19.4. The van der Waals surface area contributed by atoms with Crippen molar-refractivity contribution in [3.63, 3.8) is 0 Å². The monoisotopic (exact) mass is 1020 g/mol. The summed E-state index contributed by atoms with van der Waals surface area (Å²) in [6, 6.07) is 0. The van der Waals surface area contributed by atoms with Crippen molar-refractivity contribution in [2.24, 2.45) is 0 Å². The Kier molecular flexibility index (Phi) is 39.4. The maximum atomic E-state index is 13.0. The van der Waals surface area contributed by atoms with Crippen LogP contribution >= 0.6 is 0 Å². The molecule has 0 saturated carbocycles. The van der Waals surface area contributed by atoms with E-state index >= 15 is 0 Å². The number of carbonyl (C=O) groups is 2. The molecule has 2 aliphatic rings. The SMILES string of the molecule is CCCCC/C=C/C/C=C/C/C=C/C/C=C/CCCCCC(=O)OC[C@@H](CO[C@@H]1O[C@H](CO[C@@H]2O[C@H](CO)[C@H](O)C(O)C2O)[C@H](O)C(O)C1O)OC(=O)CCCCCCCCC/C=C/CCCCCCCC. The molecular weight excluding hydrogens is 925 g/mol. The fourth-order valence-electron chi connectivity index (χ4n) is 8.37. The summed E-state index contributed by atoms with van der Waals surface area (Å²) in [5.74, 6) is -0.966. The molecule has 0 aliphatic carbocycles. The molecule has 2 fully saturated rings. The molecule has 0 aromatic carbocycles. The van der Waals surface area contributed by atoms with Crippen molar-refractivity contribution < 1.29 is 73.8 Å². The molecule has 15 nitrogen and oxygen atoms in total. The van der Waals surface area contributed by atoms with Crippen molar-refractivity contribution in [3.8, 4) is 0 Å². The van der Waals surface area contributed by atoms with Gasteiger partial charge in [0, 0.05) is 12.8 Å². The summed E-state index contributed by atoms with van der Waals surface area (Å²) in [6.45, 7) is 2.53. The highest BCUT2D eigenvalue weighted by atomic mass is 16.7. The summed E-state index contributed by atoms with van der Waals surface area (Å²) in [5.41, 5.74) is 0. The summed E-state index contributed by atoms with van der Waals surface area (Å²) in [7, 11) is 0. The van der Waals surface area contributed by atoms with Crippen molar-refractivity contribution in [1.82, 2.24) is 0 Å². The van der Waals surface area contributed by atoms with Crippen molar-refractivity contribution in [1.29, 1.82) is 0 Å². The Labute approximate surface area is 432 Å². The lowest BCUT2D eigenvalue weighted by molar-refractivity contribution is -0.332. The lowest BCUT2D eigenvalue weighted by Crippen LogP contribution is -2.61. The minimum atomic E-state index is -1.77. The van der Waals surface area contributed by atoms with E-state index in [-0.39, 0.29) is 19.4 Å². The topological polar surface area (TPSA) is 231 Å². The lowest BCUT2D eigenvalue weighted by Gasteiger charge is -2.42. The van der Waals surface area contributed by atoms with E-state index < -0.39 is 99.3 Å². The Balaban J connectivity index is 1.80. The van der Waals surface area contributed by atoms with E-state index in [1.807, 2.05) is 0 Å². The fraction of sp³-hybridized carbons (Fsp3) is 0.789. The fourth-order valence-corrected chi connectivity index (χ4v) is 8.37. The van der Waals surface area contributed by atoms with Crippen LogP contribution in [0.5, 0.6) is 0 Å². The van der Waals surface area contributed by atoms with Crippen molar-refractivity contribution in [2.75, 3.05) is 26.4 Å². The molecule has 2 heterocycles. The van der Waals surface area contributed by atoms with Gasteiger partial charge in [0.25, 0.3) is 0 Å². The molecule has 72 heavy (non-hydrogen) atoms. The number of rotatable bonds is 43. The van der Waals surface area contributed by atoms with Crippen LogP contribution in [0.4, 0.5) is 0 Å². The zero-order chi connectivity index (χ0) is 52.4. The van der Waals surface area contributed by atoms with Gasteiger partial charge in [0.05, 0.1) is 19.8 Å². The van der Waals surface area contributed by atoms with Crippen molar-refractivity contribution in [2.45, 2.75) is 261 Å². The highest BCUT2D eigenvalue weighted by molar-refractivity contribution is 5.70. The highest BCUT2D eigenvalue weighted by Crippen LogP contribution is 2.26. The Hall–Kier alpha value is -2.80. The Morgan fingerprint density at radius 1 is 0.444 bits per heavy atom. The molecule has 4 unspecified atom stereocenters. The number of hydrogen-bond acceptors (Lipinski definition) is 15. The van der Waals surface area contributed by atoms with Crippen LogP contribution in [0.2, 0.25) is 0 Å². The minimum absolute atomic E-state index is 0.151. The molecule has 0 aromatic rings. The van der Waals surface area contributed by atoms with E-state index in [2.05, 4.69) is 74.6 Å². The normalized spacial score (nSPS) is 25.5. The van der Waals surface area contributed by atoms with E-state index in [0.717, 1.165) is 77.0 Å². The Morgan fingerprint density at radius 2 is 0.833 bits per heavy atom. The predicted molar refractivity (Wildman–Crippen MR) is 280 cm³/mol. The van der Waals surface area contributed by atoms with Crippen LogP contribution in [0.15, 0.2) is 60.8 Å². The third-order valence-corrected chi connectivity index (χ3v) is 13.0. The summed E-state index contributed by atoms with van der Waals surface area (Å²) >= 11 is 0. The van der Waals surface area contributed by atoms with Gasteiger partial charge in [-0.05, 0) is 83.5 Å². The number of aliphatic hydroxyl groups is 7. The van der Waals surface area contributed by atoms with Crippen LogP contribution in [-0.2, 0) is 38.0 Å². The molecule has 2 rings (SSSR count). The lowest BCUT2D eigenvalue weighted by atomic mass is 9.98. The van der Waals surface area contributed by atoms with Gasteiger partial charge in [0.2, 0.25) is 0 Å². The standard InChI is InChI=1S/C57H98O15/c1-3-5-7-9-11-13-15-17-19-21-22-24-25-27-29-31-33-35-37-39-48(59)67-42-45(70-49(60)40-38-36-34-32-30-28-26-23-20-18-16-14-12-10-8-6-4-2)43-68-56-55(66)53(64)51(62)47(72-56)44-69-57-54(65)52(63)50(61)46(41-58)71-57/h11,13,17-20,22,24,27,29,45-47,50-58,61-66H,3-10,12,14-16,21,23,25-26,28,30-44H2,1-2H3/b13-11+,19-17+,20-18+,24-22+,29-27+/t45-,46+,47+,50-,51-,52?,53?,54?,55?,56+,57+/m0/s1. The summed E-state index contributed by atoms with van der Waals surface area (Å²) in [5, 5.41) is 72.2. The summed E-state index contributed by atoms with van der Waals surface area (Å²) < 4.78 is 33.6. The predicted octanol–water partition coefficient (Wildman–Crippen LogP) is 8.83. The van der Waals surface area contributed by atoms with Crippen LogP contribution in [0.1, 0.15) is 194 Å². The minimum Gasteiger partial charge on any atom is -0.462 e. The first kappa shape index (κ1) is 65.3. The van der Waals surface area contributed by atoms with Gasteiger partial charge < -0.3 is 64.2 Å². The molecule has 11 atom stereocenters. The van der Waals surface area contributed by atoms with Crippen molar-refractivity contribution >= 4 is 11.9 Å². The quantitative estimate of drug-likeness (QED) is 0.0172. The van der Waals surface area contributed by atoms with Gasteiger partial charge in [0.1, 0.15) is 55.4 Å². The molecule has 0 radical (unpaired) electrons. The molecular formula is C57H98O15. The van der Waals surface area contributed by atoms with Gasteiger partial charge in [-0.2, -0.15) is 0 Å². The number of aliphatic hydroxyl groups excluding tert-OH is 7. The van der Waals surface area contributed by atoms with E-state index in [9.17, 15) is 45.3 Å². The maximum Gasteiger partial charge on any atom is 0.306 e. The van der Waals surface area contributed by atoms with Crippen LogP contribution in [-0.4, -0.2) is 142 Å². The van der Waals surface area contributed by atoms with Gasteiger partial charge in [-0.25, -0.2) is 0 Å². The maximum absolute atomic E-state index is 13.0. The van der Waals surface area contributed by atoms with Gasteiger partial charge in [-0.15, -0.1) is 0 Å². The van der Waals surface area contributed by atoms with Gasteiger partial charge in [-0.1, -0.05) is 158 Å². The van der Waals surface area contributed by atoms with Crippen LogP contribution in [0.25, 0.3) is 0 Å². The molecule has 2 saturated heterocycles. The molecule has 0 aromatic heterocycles. The van der Waals surface area contributed by atoms with E-state index in [1.54, 1.807) is 0 Å². The highest BCUT2D eigenvalue weighted by Gasteiger charge is 2.47. The molecule has 7 N–H and O–H groups in total. The number of allylic oxidation sites excluding steroid dienone is 10. The van der Waals surface area contributed by atoms with Gasteiger partial charge in [-0.3, -0.25) is 9.59 Å². The van der Waals surface area contributed by atoms with Crippen LogP contribution in [0.3, 0.4) is 0 Å². The largest absolute Gasteiger partial charge is 0.462 e. The Morgan fingerprint density at radius 3 is 1.36 bits per heavy atom. The second-order valence-electron chi connectivity index (χ2n) is 19.4. The molecule has 0 spiro atoms. The van der Waals surface area contributed by atoms with E-state index in [4.69, 9.17) is 28.4 Å². The average molecular weight is 1020 g/mol. The molecule has 15 heteroatoms. The second kappa shape index (κ2) is 43.4.